The third kappa shape index (κ3) is 29.0. The second-order valence-electron chi connectivity index (χ2n) is 13.9. The zero-order valence-corrected chi connectivity index (χ0v) is 45.1. The molecule has 0 amide bonds. The van der Waals surface area contributed by atoms with Crippen LogP contribution in [0.3, 0.4) is 0 Å². The molecule has 0 aliphatic carbocycles. The normalized spacial score (nSPS) is 12.2. The van der Waals surface area contributed by atoms with Crippen LogP contribution in [0.25, 0.3) is 8.99 Å². The Morgan fingerprint density at radius 1 is 0.424 bits per heavy atom. The van der Waals surface area contributed by atoms with Gasteiger partial charge in [0.25, 0.3) is 15.5 Å². The second-order valence-corrected chi connectivity index (χ2v) is 21.9. The molecule has 0 radical (unpaired) electrons. The number of halogens is 2. The third-order valence-electron chi connectivity index (χ3n) is 8.65. The SMILES string of the molecule is CCCCCCCOP(=O)([N-]S(=O)(=O)c1ccc(Cl)cc1)OCCCCCCC.CCCCCCCOP(=O)([N-]S(=O)(=O)c1ccc(Cl)cc1)OCCCCCCC.[Ba+2]. The Kier molecular flexibility index (Phi) is 35.5. The summed E-state index contributed by atoms with van der Waals surface area (Å²) in [6.45, 7) is 9.10. The van der Waals surface area contributed by atoms with E-state index >= 15 is 0 Å². The predicted octanol–water partition coefficient (Wildman–Crippen LogP) is 14.6. The second kappa shape index (κ2) is 35.0. The van der Waals surface area contributed by atoms with Crippen molar-refractivity contribution < 1.29 is 44.1 Å². The summed E-state index contributed by atoms with van der Waals surface area (Å²) in [5, 5.41) is 0.803. The van der Waals surface area contributed by atoms with Crippen molar-refractivity contribution in [3.8, 4) is 0 Å². The number of hydrogen-bond acceptors (Lipinski definition) is 10. The van der Waals surface area contributed by atoms with Crippen LogP contribution < -0.4 is 0 Å². The summed E-state index contributed by atoms with van der Waals surface area (Å²) >= 11 is 11.6. The Hall–Kier alpha value is 0.711. The molecule has 0 saturated carbocycles. The molecule has 0 aliphatic heterocycles. The Labute approximate surface area is 407 Å². The molecule has 2 aromatic rings. The van der Waals surface area contributed by atoms with Gasteiger partial charge in [-0.3, -0.25) is 9.13 Å². The topological polar surface area (TPSA) is 168 Å². The summed E-state index contributed by atoms with van der Waals surface area (Å²) in [7, 11) is -16.6. The van der Waals surface area contributed by atoms with Crippen molar-refractivity contribution in [2.24, 2.45) is 0 Å². The molecule has 0 unspecified atom stereocenters. The van der Waals surface area contributed by atoms with Gasteiger partial charge in [0.1, 0.15) is 20.0 Å². The van der Waals surface area contributed by atoms with Gasteiger partial charge >= 0.3 is 48.9 Å². The fraction of sp³-hybridized carbons (Fsp3) is 0.700. The van der Waals surface area contributed by atoms with E-state index in [0.717, 1.165) is 103 Å². The minimum Gasteiger partial charge on any atom is -0.438 e. The Morgan fingerprint density at radius 3 is 0.864 bits per heavy atom. The Balaban J connectivity index is 0.00000112. The molecule has 0 aliphatic rings. The number of rotatable bonds is 34. The van der Waals surface area contributed by atoms with Crippen LogP contribution >= 0.6 is 38.7 Å². The van der Waals surface area contributed by atoms with Crippen molar-refractivity contribution in [2.45, 2.75) is 166 Å². The van der Waals surface area contributed by atoms with Crippen molar-refractivity contribution >= 4 is 108 Å². The van der Waals surface area contributed by atoms with Crippen molar-refractivity contribution in [1.82, 2.24) is 0 Å². The van der Waals surface area contributed by atoms with Gasteiger partial charge in [0.2, 0.25) is 0 Å². The van der Waals surface area contributed by atoms with Crippen molar-refractivity contribution in [3.05, 3.63) is 67.6 Å². The summed E-state index contributed by atoms with van der Waals surface area (Å²) in [5.74, 6) is 0. The molecule has 0 aromatic heterocycles. The van der Waals surface area contributed by atoms with Gasteiger partial charge in [-0.15, -0.1) is 0 Å². The van der Waals surface area contributed by atoms with Crippen LogP contribution in [0.15, 0.2) is 58.3 Å². The van der Waals surface area contributed by atoms with Gasteiger partial charge in [-0.25, -0.2) is 16.8 Å². The molecule has 0 N–H and O–H groups in total. The zero-order chi connectivity index (χ0) is 43.2. The van der Waals surface area contributed by atoms with Gasteiger partial charge < -0.3 is 27.1 Å². The maximum absolute atomic E-state index is 13.0. The van der Waals surface area contributed by atoms with Gasteiger partial charge in [0.05, 0.1) is 26.4 Å². The van der Waals surface area contributed by atoms with E-state index in [2.05, 4.69) is 36.7 Å². The average molecular weight is 1070 g/mol. The molecule has 0 heterocycles. The van der Waals surface area contributed by atoms with Crippen molar-refractivity contribution in [1.29, 1.82) is 0 Å². The number of benzene rings is 2. The summed E-state index contributed by atoms with van der Waals surface area (Å²) in [6.07, 6.45) is 19.6. The molecule has 0 atom stereocenters. The predicted molar refractivity (Wildman–Crippen MR) is 244 cm³/mol. The van der Waals surface area contributed by atoms with Gasteiger partial charge in [0.15, 0.2) is 0 Å². The smallest absolute Gasteiger partial charge is 0.438 e. The van der Waals surface area contributed by atoms with Crippen LogP contribution in [0.5, 0.6) is 0 Å². The van der Waals surface area contributed by atoms with Crippen LogP contribution in [0.2, 0.25) is 10.0 Å². The molecule has 336 valence electrons. The van der Waals surface area contributed by atoms with Crippen LogP contribution in [0, 0.1) is 0 Å². The van der Waals surface area contributed by atoms with Crippen LogP contribution in [0.1, 0.15) is 156 Å². The number of nitrogens with zero attached hydrogens (tertiary/aromatic N) is 2. The molecule has 19 heteroatoms. The quantitative estimate of drug-likeness (QED) is 0.0374. The van der Waals surface area contributed by atoms with E-state index in [1.165, 1.54) is 48.5 Å². The van der Waals surface area contributed by atoms with Gasteiger partial charge in [-0.2, -0.15) is 0 Å². The summed E-state index contributed by atoms with van der Waals surface area (Å²) in [6, 6.07) is 11.1. The molecular formula is C40H68BaCl2N2O10P2S2. The Morgan fingerprint density at radius 2 is 0.644 bits per heavy atom. The molecule has 59 heavy (non-hydrogen) atoms. The third-order valence-corrected chi connectivity index (χ3v) is 16.2. The van der Waals surface area contributed by atoms with Crippen molar-refractivity contribution in [3.63, 3.8) is 0 Å². The first-order chi connectivity index (χ1) is 27.7. The first-order valence-corrected chi connectivity index (χ1v) is 27.6. The van der Waals surface area contributed by atoms with Crippen LogP contribution in [0.4, 0.5) is 0 Å². The standard InChI is InChI=1S/2C20H34ClNO5PS.Ba/c2*1-3-5-7-9-11-17-26-28(23,27-18-12-10-8-6-4-2)22-29(24,25)20-15-13-19(21)14-16-20;/h2*13-16H,3-12,17-18H2,1-2H3;/q2*-1;+2. The monoisotopic (exact) mass is 1070 g/mol. The molecule has 0 spiro atoms. The first-order valence-electron chi connectivity index (χ1n) is 20.9. The Bertz CT molecular complexity index is 1510. The maximum Gasteiger partial charge on any atom is 2.00 e. The van der Waals surface area contributed by atoms with E-state index in [-0.39, 0.29) is 85.1 Å². The number of hydrogen-bond donors (Lipinski definition) is 0. The van der Waals surface area contributed by atoms with Gasteiger partial charge in [0, 0.05) is 19.8 Å². The maximum atomic E-state index is 13.0. The number of sulfonamides is 2. The van der Waals surface area contributed by atoms with Crippen molar-refractivity contribution in [2.75, 3.05) is 26.4 Å². The summed E-state index contributed by atoms with van der Waals surface area (Å²) in [4.78, 5) is -0.194. The van der Waals surface area contributed by atoms with E-state index in [1.54, 1.807) is 0 Å². The zero-order valence-electron chi connectivity index (χ0n) is 35.7. The first kappa shape index (κ1) is 59.7. The fourth-order valence-corrected chi connectivity index (χ4v) is 11.7. The van der Waals surface area contributed by atoms with Gasteiger partial charge in [-0.05, 0) is 74.2 Å². The largest absolute Gasteiger partial charge is 2.00 e. The molecule has 0 saturated heterocycles. The van der Waals surface area contributed by atoms with E-state index in [9.17, 15) is 26.0 Å². The molecule has 0 bridgehead atoms. The van der Waals surface area contributed by atoms with E-state index in [0.29, 0.717) is 35.7 Å². The van der Waals surface area contributed by atoms with Crippen LogP contribution in [-0.2, 0) is 47.3 Å². The van der Waals surface area contributed by atoms with E-state index in [4.69, 9.17) is 41.3 Å². The minimum absolute atomic E-state index is 0. The summed E-state index contributed by atoms with van der Waals surface area (Å²) < 4.78 is 105. The molecule has 2 rings (SSSR count). The summed E-state index contributed by atoms with van der Waals surface area (Å²) in [5.41, 5.74) is 0. The van der Waals surface area contributed by atoms with Crippen LogP contribution in [-0.4, -0.2) is 92.1 Å². The molecule has 12 nitrogen and oxygen atoms in total. The average Bonchev–Trinajstić information content (AvgIpc) is 3.17. The fourth-order valence-electron chi connectivity index (χ4n) is 5.28. The van der Waals surface area contributed by atoms with E-state index < -0.39 is 35.5 Å². The minimum atomic E-state index is -4.18. The molecular weight excluding hydrogens is 1000 g/mol. The van der Waals surface area contributed by atoms with E-state index in [1.807, 2.05) is 0 Å². The molecule has 0 fully saturated rings. The molecule has 2 aromatic carbocycles. The number of unbranched alkanes of at least 4 members (excludes halogenated alkanes) is 16. The van der Waals surface area contributed by atoms with Gasteiger partial charge in [-0.1, -0.05) is 154 Å².